The Balaban J connectivity index is 1.35. The first kappa shape index (κ1) is 25.7. The molecule has 1 aromatic carbocycles. The predicted molar refractivity (Wildman–Crippen MR) is 146 cm³/mol. The van der Waals surface area contributed by atoms with Gasteiger partial charge in [-0.1, -0.05) is 49.3 Å². The maximum Gasteiger partial charge on any atom is 0.274 e. The van der Waals surface area contributed by atoms with E-state index in [9.17, 15) is 14.7 Å². The maximum atomic E-state index is 13.0. The van der Waals surface area contributed by atoms with Gasteiger partial charge in [0.2, 0.25) is 11.8 Å². The van der Waals surface area contributed by atoms with Gasteiger partial charge in [-0.25, -0.2) is 0 Å². The number of anilines is 3. The number of fused-ring (bicyclic) bond motifs is 1. The minimum atomic E-state index is -0.850. The van der Waals surface area contributed by atoms with E-state index in [1.54, 1.807) is 36.4 Å². The zero-order chi connectivity index (χ0) is 27.0. The second-order valence-corrected chi connectivity index (χ2v) is 11.1. The summed E-state index contributed by atoms with van der Waals surface area (Å²) in [6.07, 6.45) is 3.52. The number of pyridine rings is 1. The summed E-state index contributed by atoms with van der Waals surface area (Å²) < 4.78 is 1.17. The van der Waals surface area contributed by atoms with Crippen LogP contribution in [0.25, 0.3) is 5.65 Å². The van der Waals surface area contributed by atoms with Crippen molar-refractivity contribution in [2.75, 3.05) is 29.0 Å². The molecule has 4 N–H and O–H groups in total. The van der Waals surface area contributed by atoms with Crippen molar-refractivity contribution >= 4 is 52.4 Å². The predicted octanol–water partition coefficient (Wildman–Crippen LogP) is 3.85. The molecule has 1 amide bonds. The van der Waals surface area contributed by atoms with Crippen LogP contribution in [0.5, 0.6) is 5.88 Å². The van der Waals surface area contributed by atoms with Crippen molar-refractivity contribution in [2.24, 2.45) is 5.41 Å². The molecule has 0 saturated carbocycles. The average molecular weight is 553 g/mol. The largest absolute Gasteiger partial charge is 0.493 e. The van der Waals surface area contributed by atoms with Crippen LogP contribution in [0.1, 0.15) is 37.0 Å². The van der Waals surface area contributed by atoms with Gasteiger partial charge in [0.1, 0.15) is 5.65 Å². The number of halogens is 1. The molecule has 0 bridgehead atoms. The number of rotatable bonds is 5. The van der Waals surface area contributed by atoms with Gasteiger partial charge in [0.05, 0.1) is 10.7 Å². The van der Waals surface area contributed by atoms with Gasteiger partial charge < -0.3 is 21.1 Å². The first-order chi connectivity index (χ1) is 18.1. The number of nitrogens with zero attached hydrogens (tertiary/aromatic N) is 6. The molecule has 5 rings (SSSR count). The molecular weight excluding hydrogens is 528 g/mol. The van der Waals surface area contributed by atoms with Gasteiger partial charge in [0, 0.05) is 24.2 Å². The van der Waals surface area contributed by atoms with Crippen LogP contribution in [-0.4, -0.2) is 48.7 Å². The Morgan fingerprint density at radius 2 is 1.89 bits per heavy atom. The second-order valence-electron chi connectivity index (χ2n) is 9.67. The Bertz CT molecular complexity index is 1600. The number of aromatic nitrogens is 5. The summed E-state index contributed by atoms with van der Waals surface area (Å²) in [5, 5.41) is 22.0. The monoisotopic (exact) mass is 552 g/mol. The molecule has 4 heterocycles. The number of carbonyl (C=O) groups is 1. The fourth-order valence-corrected chi connectivity index (χ4v) is 5.16. The smallest absolute Gasteiger partial charge is 0.274 e. The summed E-state index contributed by atoms with van der Waals surface area (Å²) in [5.41, 5.74) is 5.73. The van der Waals surface area contributed by atoms with Crippen molar-refractivity contribution in [3.63, 3.8) is 0 Å². The van der Waals surface area contributed by atoms with Gasteiger partial charge >= 0.3 is 0 Å². The molecule has 1 fully saturated rings. The number of hydrogen-bond acceptors (Lipinski definition) is 10. The number of piperidine rings is 1. The minimum Gasteiger partial charge on any atom is -0.493 e. The standard InChI is InChI=1S/C25H25ClN8O3S/c1-25(2)9-12-33(13-10-25)24-30-19(27)22(31-32-24)38-15-7-5-6-14(18(15)26)28-20(35)17-21(36)29-16-8-3-4-11-34(16)23(17)37/h3-8,11,36H,9-10,12-13H2,1-2H3,(H,28,35)(H2,27,30,32). The number of amides is 1. The van der Waals surface area contributed by atoms with Gasteiger partial charge in [-0.3, -0.25) is 14.0 Å². The fraction of sp³-hybridized carbons (Fsp3) is 0.280. The number of nitrogens with one attached hydrogen (secondary N) is 1. The molecular formula is C25H25ClN8O3S. The first-order valence-electron chi connectivity index (χ1n) is 11.9. The molecule has 0 radical (unpaired) electrons. The van der Waals surface area contributed by atoms with E-state index in [1.165, 1.54) is 10.6 Å². The van der Waals surface area contributed by atoms with Crippen molar-refractivity contribution in [1.82, 2.24) is 24.6 Å². The molecule has 0 unspecified atom stereocenters. The lowest BCUT2D eigenvalue weighted by Gasteiger charge is -2.36. The van der Waals surface area contributed by atoms with Crippen LogP contribution in [0.15, 0.2) is 57.3 Å². The first-order valence-corrected chi connectivity index (χ1v) is 13.1. The fourth-order valence-electron chi connectivity index (χ4n) is 4.09. The van der Waals surface area contributed by atoms with E-state index in [4.69, 9.17) is 17.3 Å². The Labute approximate surface area is 227 Å². The zero-order valence-electron chi connectivity index (χ0n) is 20.7. The summed E-state index contributed by atoms with van der Waals surface area (Å²) >= 11 is 7.73. The van der Waals surface area contributed by atoms with E-state index >= 15 is 0 Å². The summed E-state index contributed by atoms with van der Waals surface area (Å²) in [7, 11) is 0. The lowest BCUT2D eigenvalue weighted by molar-refractivity contribution is 0.102. The molecule has 1 aliphatic heterocycles. The topological polar surface area (TPSA) is 152 Å². The SMILES string of the molecule is CC1(C)CCN(c2nnc(Sc3cccc(NC(=O)c4c(O)nc5ccccn5c4=O)c3Cl)c(N)n2)CC1. The van der Waals surface area contributed by atoms with Crippen LogP contribution in [0, 0.1) is 5.41 Å². The zero-order valence-corrected chi connectivity index (χ0v) is 22.3. The highest BCUT2D eigenvalue weighted by Gasteiger charge is 2.27. The summed E-state index contributed by atoms with van der Waals surface area (Å²) in [6.45, 7) is 6.16. The maximum absolute atomic E-state index is 13.0. The van der Waals surface area contributed by atoms with E-state index < -0.39 is 22.9 Å². The molecule has 0 atom stereocenters. The number of benzene rings is 1. The van der Waals surface area contributed by atoms with E-state index in [2.05, 4.69) is 44.2 Å². The molecule has 196 valence electrons. The van der Waals surface area contributed by atoms with E-state index in [0.717, 1.165) is 37.7 Å². The van der Waals surface area contributed by atoms with Gasteiger partial charge in [0.15, 0.2) is 16.4 Å². The quantitative estimate of drug-likeness (QED) is 0.333. The van der Waals surface area contributed by atoms with Crippen LogP contribution in [0.3, 0.4) is 0 Å². The van der Waals surface area contributed by atoms with Crippen molar-refractivity contribution in [3.05, 3.63) is 63.5 Å². The third-order valence-corrected chi connectivity index (χ3v) is 7.99. The van der Waals surface area contributed by atoms with Crippen LogP contribution in [0.2, 0.25) is 5.02 Å². The van der Waals surface area contributed by atoms with Crippen LogP contribution in [-0.2, 0) is 0 Å². The lowest BCUT2D eigenvalue weighted by atomic mass is 9.83. The van der Waals surface area contributed by atoms with E-state index in [-0.39, 0.29) is 22.2 Å². The van der Waals surface area contributed by atoms with Gasteiger partial charge in [0.25, 0.3) is 11.5 Å². The van der Waals surface area contributed by atoms with E-state index in [0.29, 0.717) is 21.3 Å². The number of carbonyl (C=O) groups excluding carboxylic acids is 1. The summed E-state index contributed by atoms with van der Waals surface area (Å²) in [6, 6.07) is 9.81. The van der Waals surface area contributed by atoms with Crippen molar-refractivity contribution < 1.29 is 9.90 Å². The Morgan fingerprint density at radius 3 is 2.63 bits per heavy atom. The van der Waals surface area contributed by atoms with Gasteiger partial charge in [-0.15, -0.1) is 10.2 Å². The molecule has 0 aliphatic carbocycles. The highest BCUT2D eigenvalue weighted by atomic mass is 35.5. The Kier molecular flexibility index (Phi) is 6.84. The highest BCUT2D eigenvalue weighted by Crippen LogP contribution is 2.39. The third-order valence-electron chi connectivity index (χ3n) is 6.43. The average Bonchev–Trinajstić information content (AvgIpc) is 2.87. The molecule has 0 spiro atoms. The number of nitrogen functional groups attached to an aromatic ring is 1. The second kappa shape index (κ2) is 10.1. The van der Waals surface area contributed by atoms with Gasteiger partial charge in [-0.2, -0.15) is 9.97 Å². The Morgan fingerprint density at radius 1 is 1.13 bits per heavy atom. The van der Waals surface area contributed by atoms with Crippen molar-refractivity contribution in [3.8, 4) is 5.88 Å². The molecule has 13 heteroatoms. The van der Waals surface area contributed by atoms with Crippen molar-refractivity contribution in [2.45, 2.75) is 36.6 Å². The summed E-state index contributed by atoms with van der Waals surface area (Å²) in [5.74, 6) is -0.816. The number of nitrogens with two attached hydrogens (primary N) is 1. The molecule has 4 aromatic rings. The number of hydrogen-bond donors (Lipinski definition) is 3. The van der Waals surface area contributed by atoms with Crippen molar-refractivity contribution in [1.29, 1.82) is 0 Å². The van der Waals surface area contributed by atoms with Crippen LogP contribution < -0.4 is 21.5 Å². The number of aromatic hydroxyl groups is 1. The molecule has 3 aromatic heterocycles. The van der Waals surface area contributed by atoms with Crippen LogP contribution in [0.4, 0.5) is 17.5 Å². The third kappa shape index (κ3) is 5.09. The molecule has 1 saturated heterocycles. The lowest BCUT2D eigenvalue weighted by Crippen LogP contribution is -2.38. The molecule has 38 heavy (non-hydrogen) atoms. The van der Waals surface area contributed by atoms with Gasteiger partial charge in [-0.05, 0) is 42.5 Å². The molecule has 11 nitrogen and oxygen atoms in total. The van der Waals surface area contributed by atoms with E-state index in [1.807, 2.05) is 0 Å². The normalized spacial score (nSPS) is 15.0. The van der Waals surface area contributed by atoms with Crippen LogP contribution >= 0.6 is 23.4 Å². The molecule has 1 aliphatic rings. The highest BCUT2D eigenvalue weighted by molar-refractivity contribution is 7.99. The Hall–Kier alpha value is -3.90. The minimum absolute atomic E-state index is 0.197. The summed E-state index contributed by atoms with van der Waals surface area (Å²) in [4.78, 5) is 36.8.